The van der Waals surface area contributed by atoms with Crippen LogP contribution in [0, 0.1) is 5.82 Å². The first-order valence-corrected chi connectivity index (χ1v) is 6.82. The number of amides is 1. The minimum atomic E-state index is -0.717. The Labute approximate surface area is 117 Å². The summed E-state index contributed by atoms with van der Waals surface area (Å²) in [5.74, 6) is -0.168. The maximum Gasteiger partial charge on any atom is 0.247 e. The van der Waals surface area contributed by atoms with E-state index in [1.807, 2.05) is 4.90 Å². The predicted octanol–water partition coefficient (Wildman–Crippen LogP) is 1.11. The van der Waals surface area contributed by atoms with Crippen LogP contribution >= 0.6 is 0 Å². The number of rotatable bonds is 1. The number of carbonyl (C=O) groups excluding carboxylic acids is 1. The van der Waals surface area contributed by atoms with Crippen molar-refractivity contribution in [3.63, 3.8) is 0 Å². The standard InChI is InChI=1S/C14H18FN3O2/c1-17-12-7-11(18-4-2-3-5-18)9(15)6-13(12)20-8-10(16)14(17)19/h6-7,10H,2-5,8,16H2,1H3/t10-/m0/s1. The zero-order valence-electron chi connectivity index (χ0n) is 11.4. The van der Waals surface area contributed by atoms with Crippen LogP contribution in [0.4, 0.5) is 15.8 Å². The highest BCUT2D eigenvalue weighted by molar-refractivity contribution is 5.99. The van der Waals surface area contributed by atoms with Crippen LogP contribution in [0.3, 0.4) is 0 Å². The maximum absolute atomic E-state index is 14.2. The number of carbonyl (C=O) groups is 1. The zero-order valence-corrected chi connectivity index (χ0v) is 11.4. The van der Waals surface area contributed by atoms with Gasteiger partial charge in [-0.15, -0.1) is 0 Å². The molecule has 1 amide bonds. The fourth-order valence-corrected chi connectivity index (χ4v) is 2.73. The van der Waals surface area contributed by atoms with Crippen molar-refractivity contribution in [2.75, 3.05) is 36.5 Å². The zero-order chi connectivity index (χ0) is 14.3. The molecule has 2 heterocycles. The molecule has 108 valence electrons. The second kappa shape index (κ2) is 4.94. The van der Waals surface area contributed by atoms with Gasteiger partial charge in [-0.25, -0.2) is 4.39 Å². The number of halogens is 1. The lowest BCUT2D eigenvalue weighted by Crippen LogP contribution is -2.43. The molecular formula is C14H18FN3O2. The lowest BCUT2D eigenvalue weighted by molar-refractivity contribution is -0.119. The van der Waals surface area contributed by atoms with Crippen LogP contribution in [0.1, 0.15) is 12.8 Å². The van der Waals surface area contributed by atoms with Gasteiger partial charge >= 0.3 is 0 Å². The molecule has 0 aliphatic carbocycles. The number of fused-ring (bicyclic) bond motifs is 1. The van der Waals surface area contributed by atoms with E-state index >= 15 is 0 Å². The molecular weight excluding hydrogens is 261 g/mol. The number of ether oxygens (including phenoxy) is 1. The van der Waals surface area contributed by atoms with Gasteiger partial charge in [-0.2, -0.15) is 0 Å². The van der Waals surface area contributed by atoms with E-state index in [-0.39, 0.29) is 18.3 Å². The van der Waals surface area contributed by atoms with Crippen molar-refractivity contribution in [1.29, 1.82) is 0 Å². The van der Waals surface area contributed by atoms with Crippen LogP contribution in [0.25, 0.3) is 0 Å². The molecule has 6 heteroatoms. The first-order valence-electron chi connectivity index (χ1n) is 6.82. The first-order chi connectivity index (χ1) is 9.58. The summed E-state index contributed by atoms with van der Waals surface area (Å²) in [6.45, 7) is 1.75. The maximum atomic E-state index is 14.2. The third kappa shape index (κ3) is 2.10. The van der Waals surface area contributed by atoms with E-state index in [4.69, 9.17) is 10.5 Å². The Morgan fingerprint density at radius 3 is 2.70 bits per heavy atom. The van der Waals surface area contributed by atoms with Crippen LogP contribution in [0.2, 0.25) is 0 Å². The molecule has 1 aromatic carbocycles. The van der Waals surface area contributed by atoms with Gasteiger partial charge in [0.25, 0.3) is 0 Å². The minimum Gasteiger partial charge on any atom is -0.489 e. The molecule has 1 saturated heterocycles. The molecule has 1 atom stereocenters. The Hall–Kier alpha value is -1.82. The van der Waals surface area contributed by atoms with E-state index in [1.54, 1.807) is 13.1 Å². The van der Waals surface area contributed by atoms with E-state index in [2.05, 4.69) is 0 Å². The summed E-state index contributed by atoms with van der Waals surface area (Å²) in [4.78, 5) is 15.5. The van der Waals surface area contributed by atoms with Crippen molar-refractivity contribution in [1.82, 2.24) is 0 Å². The quantitative estimate of drug-likeness (QED) is 0.836. The summed E-state index contributed by atoms with van der Waals surface area (Å²) in [5, 5.41) is 0. The molecule has 2 N–H and O–H groups in total. The number of nitrogens with two attached hydrogens (primary N) is 1. The third-order valence-electron chi connectivity index (χ3n) is 3.90. The van der Waals surface area contributed by atoms with E-state index in [9.17, 15) is 9.18 Å². The number of anilines is 2. The normalized spacial score (nSPS) is 22.6. The molecule has 1 aromatic rings. The largest absolute Gasteiger partial charge is 0.489 e. The van der Waals surface area contributed by atoms with E-state index in [0.29, 0.717) is 17.1 Å². The van der Waals surface area contributed by atoms with Gasteiger partial charge in [-0.3, -0.25) is 4.79 Å². The Morgan fingerprint density at radius 2 is 2.00 bits per heavy atom. The second-order valence-electron chi connectivity index (χ2n) is 5.28. The Kier molecular flexibility index (Phi) is 3.25. The van der Waals surface area contributed by atoms with Crippen LogP contribution in [-0.2, 0) is 4.79 Å². The topological polar surface area (TPSA) is 58.8 Å². The number of hydrogen-bond acceptors (Lipinski definition) is 4. The molecule has 2 aliphatic rings. The highest BCUT2D eigenvalue weighted by Crippen LogP contribution is 2.37. The van der Waals surface area contributed by atoms with Gasteiger partial charge in [-0.1, -0.05) is 0 Å². The highest BCUT2D eigenvalue weighted by Gasteiger charge is 2.29. The molecule has 0 aromatic heterocycles. The van der Waals surface area contributed by atoms with E-state index in [0.717, 1.165) is 25.9 Å². The van der Waals surface area contributed by atoms with Gasteiger partial charge in [0.15, 0.2) is 0 Å². The average Bonchev–Trinajstić information content (AvgIpc) is 2.94. The summed E-state index contributed by atoms with van der Waals surface area (Å²) in [6.07, 6.45) is 2.12. The summed E-state index contributed by atoms with van der Waals surface area (Å²) in [6, 6.07) is 2.32. The van der Waals surface area contributed by atoms with Gasteiger partial charge in [-0.05, 0) is 18.9 Å². The van der Waals surface area contributed by atoms with Crippen molar-refractivity contribution < 1.29 is 13.9 Å². The molecule has 0 saturated carbocycles. The molecule has 0 radical (unpaired) electrons. The van der Waals surface area contributed by atoms with Gasteiger partial charge in [0.1, 0.15) is 24.2 Å². The second-order valence-corrected chi connectivity index (χ2v) is 5.28. The van der Waals surface area contributed by atoms with Gasteiger partial charge in [0.05, 0.1) is 11.4 Å². The Morgan fingerprint density at radius 1 is 1.30 bits per heavy atom. The van der Waals surface area contributed by atoms with E-state index < -0.39 is 6.04 Å². The van der Waals surface area contributed by atoms with Crippen molar-refractivity contribution in [3.05, 3.63) is 17.9 Å². The number of nitrogens with zero attached hydrogens (tertiary/aromatic N) is 2. The summed E-state index contributed by atoms with van der Waals surface area (Å²) in [5.41, 5.74) is 6.83. The highest BCUT2D eigenvalue weighted by atomic mass is 19.1. The molecule has 3 rings (SSSR count). The lowest BCUT2D eigenvalue weighted by Gasteiger charge is -2.23. The fourth-order valence-electron chi connectivity index (χ4n) is 2.73. The molecule has 0 unspecified atom stereocenters. The van der Waals surface area contributed by atoms with Crippen LogP contribution in [0.5, 0.6) is 5.75 Å². The van der Waals surface area contributed by atoms with Crippen LogP contribution < -0.4 is 20.3 Å². The van der Waals surface area contributed by atoms with Crippen LogP contribution in [-0.4, -0.2) is 38.7 Å². The fraction of sp³-hybridized carbons (Fsp3) is 0.500. The number of likely N-dealkylation sites (N-methyl/N-ethyl adjacent to an activating group) is 1. The van der Waals surface area contributed by atoms with Crippen LogP contribution in [0.15, 0.2) is 12.1 Å². The molecule has 0 bridgehead atoms. The third-order valence-corrected chi connectivity index (χ3v) is 3.90. The van der Waals surface area contributed by atoms with Crippen molar-refractivity contribution in [2.45, 2.75) is 18.9 Å². The van der Waals surface area contributed by atoms with E-state index in [1.165, 1.54) is 11.0 Å². The van der Waals surface area contributed by atoms with Gasteiger partial charge < -0.3 is 20.3 Å². The lowest BCUT2D eigenvalue weighted by atomic mass is 10.2. The smallest absolute Gasteiger partial charge is 0.247 e. The van der Waals surface area contributed by atoms with Crippen molar-refractivity contribution >= 4 is 17.3 Å². The summed E-state index contributed by atoms with van der Waals surface area (Å²) >= 11 is 0. The number of benzene rings is 1. The molecule has 20 heavy (non-hydrogen) atoms. The molecule has 0 spiro atoms. The molecule has 1 fully saturated rings. The first kappa shape index (κ1) is 13.2. The van der Waals surface area contributed by atoms with Crippen molar-refractivity contribution in [2.24, 2.45) is 5.73 Å². The monoisotopic (exact) mass is 279 g/mol. The minimum absolute atomic E-state index is 0.0681. The SMILES string of the molecule is CN1C(=O)[C@@H](N)COc2cc(F)c(N3CCCC3)cc21. The van der Waals surface area contributed by atoms with Gasteiger partial charge in [0.2, 0.25) is 5.91 Å². The molecule has 2 aliphatic heterocycles. The van der Waals surface area contributed by atoms with Gasteiger partial charge in [0, 0.05) is 26.2 Å². The Balaban J connectivity index is 2.04. The summed E-state index contributed by atoms with van der Waals surface area (Å²) in [7, 11) is 1.64. The summed E-state index contributed by atoms with van der Waals surface area (Å²) < 4.78 is 19.7. The molecule has 5 nitrogen and oxygen atoms in total. The average molecular weight is 279 g/mol. The predicted molar refractivity (Wildman–Crippen MR) is 74.7 cm³/mol. The number of hydrogen-bond donors (Lipinski definition) is 1. The van der Waals surface area contributed by atoms with Crippen molar-refractivity contribution in [3.8, 4) is 5.75 Å². The Bertz CT molecular complexity index is 543.